The molecule has 23 heavy (non-hydrogen) atoms. The van der Waals surface area contributed by atoms with Crippen LogP contribution in [0.25, 0.3) is 0 Å². The largest absolute Gasteiger partial charge is 0.484 e. The molecule has 2 rings (SSSR count). The Morgan fingerprint density at radius 1 is 1.39 bits per heavy atom. The fourth-order valence-electron chi connectivity index (χ4n) is 2.62. The zero-order valence-corrected chi connectivity index (χ0v) is 13.3. The van der Waals surface area contributed by atoms with E-state index in [0.717, 1.165) is 19.3 Å². The van der Waals surface area contributed by atoms with Gasteiger partial charge >= 0.3 is 0 Å². The summed E-state index contributed by atoms with van der Waals surface area (Å²) in [5, 5.41) is 13.6. The third kappa shape index (κ3) is 5.39. The van der Waals surface area contributed by atoms with E-state index in [0.29, 0.717) is 17.9 Å². The highest BCUT2D eigenvalue weighted by molar-refractivity contribution is 5.77. The second kappa shape index (κ2) is 8.31. The van der Waals surface area contributed by atoms with Crippen molar-refractivity contribution in [3.63, 3.8) is 0 Å². The zero-order valence-electron chi connectivity index (χ0n) is 13.3. The highest BCUT2D eigenvalue weighted by Crippen LogP contribution is 2.23. The average Bonchev–Trinajstić information content (AvgIpc) is 2.53. The number of benzene rings is 1. The molecule has 0 atom stereocenters. The lowest BCUT2D eigenvalue weighted by molar-refractivity contribution is -0.385. The molecule has 0 fully saturated rings. The molecule has 0 aromatic heterocycles. The summed E-state index contributed by atoms with van der Waals surface area (Å²) in [7, 11) is 0. The lowest BCUT2D eigenvalue weighted by Gasteiger charge is -2.13. The number of nitro groups is 1. The van der Waals surface area contributed by atoms with Crippen LogP contribution in [0.15, 0.2) is 29.8 Å². The van der Waals surface area contributed by atoms with Crippen LogP contribution in [0.2, 0.25) is 0 Å². The van der Waals surface area contributed by atoms with Gasteiger partial charge in [-0.05, 0) is 51.2 Å². The van der Waals surface area contributed by atoms with E-state index in [1.165, 1.54) is 30.5 Å². The second-order valence-electron chi connectivity index (χ2n) is 5.70. The van der Waals surface area contributed by atoms with Crippen LogP contribution in [-0.2, 0) is 4.79 Å². The normalized spacial score (nSPS) is 14.0. The van der Waals surface area contributed by atoms with Crippen LogP contribution in [0, 0.1) is 17.0 Å². The molecule has 6 nitrogen and oxygen atoms in total. The molecule has 1 aromatic rings. The first-order valence-electron chi connectivity index (χ1n) is 7.88. The summed E-state index contributed by atoms with van der Waals surface area (Å²) in [5.41, 5.74) is 1.98. The fraction of sp³-hybridized carbons (Fsp3) is 0.471. The molecule has 0 radical (unpaired) electrons. The number of allylic oxidation sites excluding steroid dienone is 1. The molecule has 1 amide bonds. The third-order valence-electron chi connectivity index (χ3n) is 3.89. The second-order valence-corrected chi connectivity index (χ2v) is 5.70. The lowest BCUT2D eigenvalue weighted by Crippen LogP contribution is -2.30. The summed E-state index contributed by atoms with van der Waals surface area (Å²) in [6.45, 7) is 2.17. The van der Waals surface area contributed by atoms with Crippen molar-refractivity contribution < 1.29 is 14.5 Å². The fourth-order valence-corrected chi connectivity index (χ4v) is 2.62. The Morgan fingerprint density at radius 3 is 2.87 bits per heavy atom. The van der Waals surface area contributed by atoms with Crippen molar-refractivity contribution in [3.05, 3.63) is 45.5 Å². The molecule has 0 saturated heterocycles. The number of amides is 1. The third-order valence-corrected chi connectivity index (χ3v) is 3.89. The summed E-state index contributed by atoms with van der Waals surface area (Å²) in [6.07, 6.45) is 7.94. The smallest absolute Gasteiger partial charge is 0.272 e. The molecule has 1 aliphatic rings. The molecule has 6 heteroatoms. The lowest BCUT2D eigenvalue weighted by atomic mass is 9.97. The summed E-state index contributed by atoms with van der Waals surface area (Å²) in [4.78, 5) is 22.1. The molecule has 1 aliphatic carbocycles. The van der Waals surface area contributed by atoms with Gasteiger partial charge in [-0.25, -0.2) is 0 Å². The number of carbonyl (C=O) groups excluding carboxylic acids is 1. The van der Waals surface area contributed by atoms with Crippen LogP contribution < -0.4 is 10.1 Å². The summed E-state index contributed by atoms with van der Waals surface area (Å²) in [5.74, 6) is 0.274. The van der Waals surface area contributed by atoms with Gasteiger partial charge < -0.3 is 10.1 Å². The van der Waals surface area contributed by atoms with Crippen LogP contribution >= 0.6 is 0 Å². The summed E-state index contributed by atoms with van der Waals surface area (Å²) >= 11 is 0. The van der Waals surface area contributed by atoms with Crippen molar-refractivity contribution in [2.45, 2.75) is 39.0 Å². The molecule has 0 saturated carbocycles. The van der Waals surface area contributed by atoms with Crippen molar-refractivity contribution in [2.75, 3.05) is 13.2 Å². The van der Waals surface area contributed by atoms with Gasteiger partial charge in [-0.1, -0.05) is 11.6 Å². The van der Waals surface area contributed by atoms with Crippen LogP contribution in [0.1, 0.15) is 37.7 Å². The summed E-state index contributed by atoms with van der Waals surface area (Å²) in [6, 6.07) is 4.46. The molecular formula is C17H22N2O4. The molecule has 1 aromatic carbocycles. The zero-order chi connectivity index (χ0) is 16.7. The first kappa shape index (κ1) is 17.0. The predicted molar refractivity (Wildman–Crippen MR) is 87.5 cm³/mol. The number of hydrogen-bond acceptors (Lipinski definition) is 4. The maximum Gasteiger partial charge on any atom is 0.272 e. The first-order valence-corrected chi connectivity index (χ1v) is 7.88. The van der Waals surface area contributed by atoms with Gasteiger partial charge in [-0.2, -0.15) is 0 Å². The Balaban J connectivity index is 1.72. The number of nitrogens with one attached hydrogen (secondary N) is 1. The van der Waals surface area contributed by atoms with Crippen molar-refractivity contribution in [3.8, 4) is 5.75 Å². The molecule has 1 N–H and O–H groups in total. The van der Waals surface area contributed by atoms with E-state index in [9.17, 15) is 14.9 Å². The molecular weight excluding hydrogens is 296 g/mol. The van der Waals surface area contributed by atoms with Crippen LogP contribution in [-0.4, -0.2) is 24.0 Å². The van der Waals surface area contributed by atoms with E-state index in [1.807, 2.05) is 0 Å². The molecule has 0 bridgehead atoms. The van der Waals surface area contributed by atoms with Gasteiger partial charge in [0.05, 0.1) is 4.92 Å². The van der Waals surface area contributed by atoms with E-state index in [1.54, 1.807) is 13.0 Å². The number of rotatable bonds is 7. The Morgan fingerprint density at radius 2 is 2.22 bits per heavy atom. The van der Waals surface area contributed by atoms with Gasteiger partial charge in [-0.3, -0.25) is 14.9 Å². The minimum Gasteiger partial charge on any atom is -0.484 e. The van der Waals surface area contributed by atoms with Crippen molar-refractivity contribution in [2.24, 2.45) is 0 Å². The maximum atomic E-state index is 11.8. The van der Waals surface area contributed by atoms with E-state index in [2.05, 4.69) is 11.4 Å². The summed E-state index contributed by atoms with van der Waals surface area (Å²) < 4.78 is 5.38. The number of aryl methyl sites for hydroxylation is 1. The molecule has 0 heterocycles. The highest BCUT2D eigenvalue weighted by atomic mass is 16.6. The van der Waals surface area contributed by atoms with Crippen molar-refractivity contribution in [1.82, 2.24) is 5.32 Å². The van der Waals surface area contributed by atoms with Gasteiger partial charge in [-0.15, -0.1) is 0 Å². The number of carbonyl (C=O) groups is 1. The highest BCUT2D eigenvalue weighted by Gasteiger charge is 2.11. The van der Waals surface area contributed by atoms with E-state index in [4.69, 9.17) is 4.74 Å². The van der Waals surface area contributed by atoms with Gasteiger partial charge in [0.1, 0.15) is 5.75 Å². The Kier molecular flexibility index (Phi) is 6.14. The van der Waals surface area contributed by atoms with Crippen molar-refractivity contribution in [1.29, 1.82) is 0 Å². The van der Waals surface area contributed by atoms with Gasteiger partial charge in [0.15, 0.2) is 6.61 Å². The number of hydrogen-bond donors (Lipinski definition) is 1. The molecule has 0 unspecified atom stereocenters. The molecule has 0 spiro atoms. The van der Waals surface area contributed by atoms with Gasteiger partial charge in [0.25, 0.3) is 11.6 Å². The maximum absolute atomic E-state index is 11.8. The quantitative estimate of drug-likeness (QED) is 0.475. The average molecular weight is 318 g/mol. The minimum absolute atomic E-state index is 0.0440. The number of ether oxygens (including phenoxy) is 1. The first-order chi connectivity index (χ1) is 11.1. The van der Waals surface area contributed by atoms with E-state index >= 15 is 0 Å². The van der Waals surface area contributed by atoms with E-state index in [-0.39, 0.29) is 18.2 Å². The standard InChI is InChI=1S/C17H22N2O4/c1-13-11-15(7-8-16(13)19(21)22)23-12-17(20)18-10-9-14-5-3-2-4-6-14/h5,7-8,11H,2-4,6,9-10,12H2,1H3,(H,18,20). The monoisotopic (exact) mass is 318 g/mol. The van der Waals surface area contributed by atoms with Gasteiger partial charge in [0.2, 0.25) is 0 Å². The number of nitro benzene ring substituents is 1. The van der Waals surface area contributed by atoms with E-state index < -0.39 is 4.92 Å². The minimum atomic E-state index is -0.439. The SMILES string of the molecule is Cc1cc(OCC(=O)NCCC2=CCCCC2)ccc1[N+](=O)[O-]. The topological polar surface area (TPSA) is 81.5 Å². The van der Waals surface area contributed by atoms with Crippen molar-refractivity contribution >= 4 is 11.6 Å². The molecule has 124 valence electrons. The van der Waals surface area contributed by atoms with Crippen LogP contribution in [0.5, 0.6) is 5.75 Å². The predicted octanol–water partition coefficient (Wildman–Crippen LogP) is 3.29. The van der Waals surface area contributed by atoms with Gasteiger partial charge in [0, 0.05) is 18.2 Å². The van der Waals surface area contributed by atoms with Crippen LogP contribution in [0.3, 0.4) is 0 Å². The van der Waals surface area contributed by atoms with Crippen LogP contribution in [0.4, 0.5) is 5.69 Å². The Hall–Kier alpha value is -2.37. The Labute approximate surface area is 135 Å². The number of nitrogens with zero attached hydrogens (tertiary/aromatic N) is 1. The Bertz CT molecular complexity index is 611. The molecule has 0 aliphatic heterocycles.